The Morgan fingerprint density at radius 2 is 1.48 bits per heavy atom. The van der Waals surface area contributed by atoms with Gasteiger partial charge in [-0.05, 0) is 60.4 Å². The van der Waals surface area contributed by atoms with Crippen LogP contribution in [-0.4, -0.2) is 0 Å². The van der Waals surface area contributed by atoms with Crippen molar-refractivity contribution >= 4 is 5.69 Å². The molecule has 2 aromatic carbocycles. The van der Waals surface area contributed by atoms with Gasteiger partial charge in [0.2, 0.25) is 0 Å². The van der Waals surface area contributed by atoms with Crippen molar-refractivity contribution in [1.82, 2.24) is 10.6 Å². The summed E-state index contributed by atoms with van der Waals surface area (Å²) in [6, 6.07) is 14.3. The van der Waals surface area contributed by atoms with Crippen molar-refractivity contribution in [3.05, 3.63) is 101 Å². The Kier molecular flexibility index (Phi) is 6.47. The highest BCUT2D eigenvalue weighted by atomic mass is 14.9. The minimum atomic E-state index is 0.691. The highest BCUT2D eigenvalue weighted by Crippen LogP contribution is 2.10. The largest absolute Gasteiger partial charge is 0.399 e. The number of rotatable bonds is 8. The first-order valence-corrected chi connectivity index (χ1v) is 8.38. The molecule has 3 heteroatoms. The maximum Gasteiger partial charge on any atom is 0.0401 e. The highest BCUT2D eigenvalue weighted by Gasteiger charge is 1.97. The number of benzene rings is 2. The number of aryl methyl sites for hydroxylation is 2. The van der Waals surface area contributed by atoms with Crippen LogP contribution in [0.3, 0.4) is 0 Å². The standard InChI is InChI=1S/C22H27N3/c1-16-8-11-21(12-17(16)2)15-25-19(4)10-9-18(3)24-14-20-6-5-7-22(23)13-20/h5-13,24-25H,3-4,14-15,23H2,1-2H3/b10-9+. The first kappa shape index (κ1) is 18.4. The SMILES string of the molecule is C=C(/C=C/C(=C)NCc1ccc(C)c(C)c1)NCc1cccc(N)c1. The Labute approximate surface area is 151 Å². The van der Waals surface area contributed by atoms with E-state index in [1.54, 1.807) is 0 Å². The molecule has 0 saturated heterocycles. The van der Waals surface area contributed by atoms with Gasteiger partial charge in [-0.2, -0.15) is 0 Å². The van der Waals surface area contributed by atoms with E-state index in [2.05, 4.69) is 55.8 Å². The maximum atomic E-state index is 5.78. The van der Waals surface area contributed by atoms with E-state index in [4.69, 9.17) is 5.73 Å². The van der Waals surface area contributed by atoms with Crippen LogP contribution in [0.5, 0.6) is 0 Å². The molecule has 3 nitrogen and oxygen atoms in total. The molecule has 0 amide bonds. The third-order valence-electron chi connectivity index (χ3n) is 4.05. The molecule has 0 bridgehead atoms. The van der Waals surface area contributed by atoms with Gasteiger partial charge in [-0.25, -0.2) is 0 Å². The first-order chi connectivity index (χ1) is 11.9. The van der Waals surface area contributed by atoms with Crippen LogP contribution in [0.4, 0.5) is 5.69 Å². The average molecular weight is 333 g/mol. The van der Waals surface area contributed by atoms with Crippen molar-refractivity contribution < 1.29 is 0 Å². The molecule has 130 valence electrons. The Bertz CT molecular complexity index is 788. The highest BCUT2D eigenvalue weighted by molar-refractivity contribution is 5.40. The van der Waals surface area contributed by atoms with Crippen molar-refractivity contribution in [2.45, 2.75) is 26.9 Å². The van der Waals surface area contributed by atoms with Crippen LogP contribution in [0, 0.1) is 13.8 Å². The van der Waals surface area contributed by atoms with Crippen molar-refractivity contribution in [3.8, 4) is 0 Å². The minimum Gasteiger partial charge on any atom is -0.399 e. The second-order valence-corrected chi connectivity index (χ2v) is 6.25. The summed E-state index contributed by atoms with van der Waals surface area (Å²) in [5.74, 6) is 0. The summed E-state index contributed by atoms with van der Waals surface area (Å²) in [4.78, 5) is 0. The maximum absolute atomic E-state index is 5.78. The van der Waals surface area contributed by atoms with Crippen molar-refractivity contribution in [3.63, 3.8) is 0 Å². The molecule has 4 N–H and O–H groups in total. The number of nitrogens with one attached hydrogen (secondary N) is 2. The van der Waals surface area contributed by atoms with Crippen LogP contribution in [0.15, 0.2) is 79.2 Å². The second kappa shape index (κ2) is 8.78. The quantitative estimate of drug-likeness (QED) is 0.497. The van der Waals surface area contributed by atoms with Crippen LogP contribution in [-0.2, 0) is 13.1 Å². The van der Waals surface area contributed by atoms with Gasteiger partial charge in [0.15, 0.2) is 0 Å². The molecule has 0 unspecified atom stereocenters. The fraction of sp³-hybridized carbons (Fsp3) is 0.182. The molecule has 0 aliphatic heterocycles. The van der Waals surface area contributed by atoms with Gasteiger partial charge in [-0.3, -0.25) is 0 Å². The van der Waals surface area contributed by atoms with Gasteiger partial charge in [-0.1, -0.05) is 43.5 Å². The minimum absolute atomic E-state index is 0.691. The molecule has 2 rings (SSSR count). The van der Waals surface area contributed by atoms with Crippen LogP contribution < -0.4 is 16.4 Å². The summed E-state index contributed by atoms with van der Waals surface area (Å²) >= 11 is 0. The molecule has 0 aliphatic rings. The van der Waals surface area contributed by atoms with Gasteiger partial charge in [0, 0.05) is 30.2 Å². The molecule has 0 aliphatic carbocycles. The molecule has 0 radical (unpaired) electrons. The van der Waals surface area contributed by atoms with E-state index in [-0.39, 0.29) is 0 Å². The molecule has 0 heterocycles. The molecule has 0 atom stereocenters. The van der Waals surface area contributed by atoms with E-state index in [1.807, 2.05) is 36.4 Å². The molecule has 0 fully saturated rings. The molecule has 0 saturated carbocycles. The van der Waals surface area contributed by atoms with Gasteiger partial charge in [0.05, 0.1) is 0 Å². The monoisotopic (exact) mass is 333 g/mol. The van der Waals surface area contributed by atoms with Crippen molar-refractivity contribution in [1.29, 1.82) is 0 Å². The summed E-state index contributed by atoms with van der Waals surface area (Å²) < 4.78 is 0. The van der Waals surface area contributed by atoms with Gasteiger partial charge in [-0.15, -0.1) is 0 Å². The fourth-order valence-electron chi connectivity index (χ4n) is 2.37. The number of nitrogens with two attached hydrogens (primary N) is 1. The lowest BCUT2D eigenvalue weighted by Crippen LogP contribution is -2.12. The number of allylic oxidation sites excluding steroid dienone is 2. The lowest BCUT2D eigenvalue weighted by Gasteiger charge is -2.09. The smallest absolute Gasteiger partial charge is 0.0401 e. The van der Waals surface area contributed by atoms with E-state index in [9.17, 15) is 0 Å². The van der Waals surface area contributed by atoms with E-state index in [0.717, 1.165) is 29.2 Å². The summed E-state index contributed by atoms with van der Waals surface area (Å²) in [5.41, 5.74) is 13.2. The zero-order chi connectivity index (χ0) is 18.2. The zero-order valence-electron chi connectivity index (χ0n) is 15.1. The lowest BCUT2D eigenvalue weighted by molar-refractivity contribution is 0.825. The van der Waals surface area contributed by atoms with Gasteiger partial charge in [0.25, 0.3) is 0 Å². The average Bonchev–Trinajstić information content (AvgIpc) is 2.59. The van der Waals surface area contributed by atoms with E-state index in [1.165, 1.54) is 16.7 Å². The number of hydrogen-bond acceptors (Lipinski definition) is 3. The van der Waals surface area contributed by atoms with Crippen LogP contribution in [0.1, 0.15) is 22.3 Å². The molecule has 0 spiro atoms. The van der Waals surface area contributed by atoms with Gasteiger partial charge < -0.3 is 16.4 Å². The molecule has 2 aromatic rings. The fourth-order valence-corrected chi connectivity index (χ4v) is 2.37. The number of anilines is 1. The number of hydrogen-bond donors (Lipinski definition) is 3. The Morgan fingerprint density at radius 1 is 0.880 bits per heavy atom. The molecule has 0 aromatic heterocycles. The third-order valence-corrected chi connectivity index (χ3v) is 4.05. The van der Waals surface area contributed by atoms with Crippen LogP contribution in [0.25, 0.3) is 0 Å². The first-order valence-electron chi connectivity index (χ1n) is 8.38. The molecular weight excluding hydrogens is 306 g/mol. The Balaban J connectivity index is 1.77. The van der Waals surface area contributed by atoms with Crippen molar-refractivity contribution in [2.75, 3.05) is 5.73 Å². The van der Waals surface area contributed by atoms with E-state index in [0.29, 0.717) is 6.54 Å². The Morgan fingerprint density at radius 3 is 2.04 bits per heavy atom. The second-order valence-electron chi connectivity index (χ2n) is 6.25. The summed E-state index contributed by atoms with van der Waals surface area (Å²) in [7, 11) is 0. The number of nitrogen functional groups attached to an aromatic ring is 1. The topological polar surface area (TPSA) is 50.1 Å². The molecule has 25 heavy (non-hydrogen) atoms. The van der Waals surface area contributed by atoms with E-state index < -0.39 is 0 Å². The summed E-state index contributed by atoms with van der Waals surface area (Å²) in [5, 5.41) is 6.58. The van der Waals surface area contributed by atoms with Crippen molar-refractivity contribution in [2.24, 2.45) is 0 Å². The van der Waals surface area contributed by atoms with Gasteiger partial charge >= 0.3 is 0 Å². The summed E-state index contributed by atoms with van der Waals surface area (Å²) in [6.07, 6.45) is 3.84. The zero-order valence-corrected chi connectivity index (χ0v) is 15.1. The Hall–Kier alpha value is -2.94. The third kappa shape index (κ3) is 6.22. The summed E-state index contributed by atoms with van der Waals surface area (Å²) in [6.45, 7) is 13.7. The van der Waals surface area contributed by atoms with Crippen LogP contribution in [0.2, 0.25) is 0 Å². The predicted molar refractivity (Wildman–Crippen MR) is 108 cm³/mol. The van der Waals surface area contributed by atoms with Crippen LogP contribution >= 0.6 is 0 Å². The lowest BCUT2D eigenvalue weighted by atomic mass is 10.1. The van der Waals surface area contributed by atoms with Gasteiger partial charge in [0.1, 0.15) is 0 Å². The van der Waals surface area contributed by atoms with E-state index >= 15 is 0 Å². The predicted octanol–water partition coefficient (Wildman–Crippen LogP) is 4.35. The normalized spacial score (nSPS) is 10.6. The molecular formula is C22H27N3.